The number of hydrogen-bond donors (Lipinski definition) is 1. The van der Waals surface area contributed by atoms with E-state index >= 15 is 0 Å². The van der Waals surface area contributed by atoms with Crippen LogP contribution in [0.4, 0.5) is 5.69 Å². The molecule has 3 heterocycles. The molecule has 2 bridgehead atoms. The number of likely N-dealkylation sites (tertiary alicyclic amines) is 1. The lowest BCUT2D eigenvalue weighted by Crippen LogP contribution is -2.54. The van der Waals surface area contributed by atoms with Crippen LogP contribution in [-0.2, 0) is 6.54 Å². The van der Waals surface area contributed by atoms with Gasteiger partial charge in [0.25, 0.3) is 5.56 Å². The van der Waals surface area contributed by atoms with Gasteiger partial charge >= 0.3 is 5.69 Å². The standard InChI is InChI=1S/C24H27ClN4O2/c1-16-6-8-17(9-7-16)29-18-10-11-19(29)15-27(14-18)12-3-13-28-23(30)20-4-2-5-21(25)22(20)26-24(28)31/h2,4-9,18-19H,3,10-15H2,1H3,(H,26,31). The number of halogens is 1. The maximum Gasteiger partial charge on any atom is 0.328 e. The SMILES string of the molecule is Cc1ccc(N2C3CCC2CN(CCCn2c(=O)[nH]c4c(Cl)cccc4c2=O)C3)cc1. The Bertz CT molecular complexity index is 1200. The molecule has 1 N–H and O–H groups in total. The number of para-hydroxylation sites is 1. The minimum Gasteiger partial charge on any atom is -0.363 e. The number of nitrogens with one attached hydrogen (secondary N) is 1. The molecule has 2 aliphatic rings. The fraction of sp³-hybridized carbons (Fsp3) is 0.417. The molecule has 31 heavy (non-hydrogen) atoms. The van der Waals surface area contributed by atoms with E-state index in [0.717, 1.165) is 26.1 Å². The number of aromatic amines is 1. The topological polar surface area (TPSA) is 61.3 Å². The van der Waals surface area contributed by atoms with Crippen molar-refractivity contribution in [2.24, 2.45) is 0 Å². The summed E-state index contributed by atoms with van der Waals surface area (Å²) in [6, 6.07) is 15.0. The van der Waals surface area contributed by atoms with Crippen LogP contribution in [0.25, 0.3) is 10.9 Å². The van der Waals surface area contributed by atoms with Crippen molar-refractivity contribution in [3.63, 3.8) is 0 Å². The van der Waals surface area contributed by atoms with Gasteiger partial charge in [-0.05, 0) is 50.5 Å². The molecule has 0 radical (unpaired) electrons. The van der Waals surface area contributed by atoms with Crippen molar-refractivity contribution in [1.29, 1.82) is 0 Å². The van der Waals surface area contributed by atoms with Crippen LogP contribution in [0.3, 0.4) is 0 Å². The summed E-state index contributed by atoms with van der Waals surface area (Å²) in [6.45, 7) is 5.47. The van der Waals surface area contributed by atoms with Crippen molar-refractivity contribution in [3.8, 4) is 0 Å². The van der Waals surface area contributed by atoms with E-state index in [2.05, 4.69) is 46.0 Å². The molecule has 2 aromatic carbocycles. The first-order valence-electron chi connectivity index (χ1n) is 11.0. The fourth-order valence-electron chi connectivity index (χ4n) is 5.21. The first kappa shape index (κ1) is 20.3. The van der Waals surface area contributed by atoms with Gasteiger partial charge in [-0.15, -0.1) is 0 Å². The number of nitrogens with zero attached hydrogens (tertiary/aromatic N) is 3. The third-order valence-electron chi connectivity index (χ3n) is 6.71. The van der Waals surface area contributed by atoms with E-state index in [0.29, 0.717) is 34.6 Å². The number of fused-ring (bicyclic) bond motifs is 3. The lowest BCUT2D eigenvalue weighted by Gasteiger charge is -2.42. The molecule has 2 fully saturated rings. The molecule has 0 saturated carbocycles. The van der Waals surface area contributed by atoms with E-state index in [1.54, 1.807) is 18.2 Å². The number of anilines is 1. The van der Waals surface area contributed by atoms with E-state index in [-0.39, 0.29) is 5.56 Å². The summed E-state index contributed by atoms with van der Waals surface area (Å²) >= 11 is 6.13. The van der Waals surface area contributed by atoms with Crippen LogP contribution in [0.5, 0.6) is 0 Å². The summed E-state index contributed by atoms with van der Waals surface area (Å²) in [6.07, 6.45) is 3.21. The monoisotopic (exact) mass is 438 g/mol. The first-order valence-corrected chi connectivity index (χ1v) is 11.4. The Morgan fingerprint density at radius 1 is 1.00 bits per heavy atom. The Hall–Kier alpha value is -2.57. The predicted molar refractivity (Wildman–Crippen MR) is 125 cm³/mol. The number of rotatable bonds is 5. The molecule has 0 aliphatic carbocycles. The van der Waals surface area contributed by atoms with Gasteiger partial charge in [-0.1, -0.05) is 35.4 Å². The van der Waals surface area contributed by atoms with Crippen LogP contribution in [0, 0.1) is 6.92 Å². The molecule has 0 amide bonds. The predicted octanol–water partition coefficient (Wildman–Crippen LogP) is 3.39. The lowest BCUT2D eigenvalue weighted by molar-refractivity contribution is 0.213. The Labute approximate surface area is 186 Å². The third kappa shape index (κ3) is 3.79. The molecule has 0 spiro atoms. The number of aromatic nitrogens is 2. The molecule has 2 aliphatic heterocycles. The molecule has 162 valence electrons. The lowest BCUT2D eigenvalue weighted by atomic mass is 10.1. The second-order valence-electron chi connectivity index (χ2n) is 8.79. The number of piperazine rings is 1. The maximum atomic E-state index is 12.8. The molecule has 3 aromatic rings. The Morgan fingerprint density at radius 3 is 2.42 bits per heavy atom. The van der Waals surface area contributed by atoms with Gasteiger partial charge in [0.2, 0.25) is 0 Å². The van der Waals surface area contributed by atoms with Crippen LogP contribution < -0.4 is 16.1 Å². The Kier molecular flexibility index (Phi) is 5.36. The Morgan fingerprint density at radius 2 is 1.71 bits per heavy atom. The van der Waals surface area contributed by atoms with Gasteiger partial charge in [0.1, 0.15) is 0 Å². The number of aryl methyl sites for hydroxylation is 1. The van der Waals surface area contributed by atoms with Crippen molar-refractivity contribution >= 4 is 28.2 Å². The van der Waals surface area contributed by atoms with Gasteiger partial charge in [-0.3, -0.25) is 14.3 Å². The second kappa shape index (κ2) is 8.17. The van der Waals surface area contributed by atoms with Crippen LogP contribution in [0.1, 0.15) is 24.8 Å². The van der Waals surface area contributed by atoms with E-state index in [9.17, 15) is 9.59 Å². The zero-order valence-corrected chi connectivity index (χ0v) is 18.4. The first-order chi connectivity index (χ1) is 15.0. The second-order valence-corrected chi connectivity index (χ2v) is 9.20. The van der Waals surface area contributed by atoms with Gasteiger partial charge in [-0.25, -0.2) is 4.79 Å². The molecular formula is C24H27ClN4O2. The van der Waals surface area contributed by atoms with Crippen molar-refractivity contribution in [1.82, 2.24) is 14.5 Å². The summed E-state index contributed by atoms with van der Waals surface area (Å²) < 4.78 is 1.30. The molecule has 1 aromatic heterocycles. The number of benzene rings is 2. The summed E-state index contributed by atoms with van der Waals surface area (Å²) in [7, 11) is 0. The zero-order chi connectivity index (χ0) is 21.5. The zero-order valence-electron chi connectivity index (χ0n) is 17.7. The summed E-state index contributed by atoms with van der Waals surface area (Å²) in [5, 5.41) is 0.845. The molecule has 5 rings (SSSR count). The molecule has 7 heteroatoms. The normalized spacial score (nSPS) is 21.2. The van der Waals surface area contributed by atoms with E-state index in [1.165, 1.54) is 28.7 Å². The third-order valence-corrected chi connectivity index (χ3v) is 7.03. The van der Waals surface area contributed by atoms with Gasteiger partial charge in [0, 0.05) is 44.0 Å². The average molecular weight is 439 g/mol. The fourth-order valence-corrected chi connectivity index (χ4v) is 5.43. The van der Waals surface area contributed by atoms with Crippen LogP contribution in [0.15, 0.2) is 52.1 Å². The molecular weight excluding hydrogens is 412 g/mol. The summed E-state index contributed by atoms with van der Waals surface area (Å²) in [5.41, 5.74) is 2.36. The smallest absolute Gasteiger partial charge is 0.328 e. The van der Waals surface area contributed by atoms with Crippen molar-refractivity contribution in [2.45, 2.75) is 44.8 Å². The average Bonchev–Trinajstić information content (AvgIpc) is 3.02. The van der Waals surface area contributed by atoms with Gasteiger partial charge in [-0.2, -0.15) is 0 Å². The minimum absolute atomic E-state index is 0.273. The molecule has 2 saturated heterocycles. The van der Waals surface area contributed by atoms with E-state index < -0.39 is 5.69 Å². The quantitative estimate of drug-likeness (QED) is 0.663. The highest BCUT2D eigenvalue weighted by molar-refractivity contribution is 6.34. The highest BCUT2D eigenvalue weighted by atomic mass is 35.5. The van der Waals surface area contributed by atoms with Crippen molar-refractivity contribution in [2.75, 3.05) is 24.5 Å². The summed E-state index contributed by atoms with van der Waals surface area (Å²) in [5.74, 6) is 0. The van der Waals surface area contributed by atoms with Gasteiger partial charge in [0.05, 0.1) is 15.9 Å². The largest absolute Gasteiger partial charge is 0.363 e. The summed E-state index contributed by atoms with van der Waals surface area (Å²) in [4.78, 5) is 33.1. The number of H-pyrrole nitrogens is 1. The van der Waals surface area contributed by atoms with Crippen molar-refractivity contribution in [3.05, 3.63) is 73.9 Å². The molecule has 2 unspecified atom stereocenters. The van der Waals surface area contributed by atoms with Crippen molar-refractivity contribution < 1.29 is 0 Å². The van der Waals surface area contributed by atoms with Crippen LogP contribution in [-0.4, -0.2) is 46.2 Å². The van der Waals surface area contributed by atoms with Crippen LogP contribution >= 0.6 is 11.6 Å². The molecule has 2 atom stereocenters. The van der Waals surface area contributed by atoms with E-state index in [4.69, 9.17) is 11.6 Å². The minimum atomic E-state index is -0.394. The Balaban J connectivity index is 1.25. The molecule has 6 nitrogen and oxygen atoms in total. The van der Waals surface area contributed by atoms with Gasteiger partial charge < -0.3 is 9.88 Å². The number of hydrogen-bond acceptors (Lipinski definition) is 4. The van der Waals surface area contributed by atoms with Crippen LogP contribution in [0.2, 0.25) is 5.02 Å². The maximum absolute atomic E-state index is 12.8. The van der Waals surface area contributed by atoms with E-state index in [1.807, 2.05) is 0 Å². The highest BCUT2D eigenvalue weighted by Crippen LogP contribution is 2.35. The highest BCUT2D eigenvalue weighted by Gasteiger charge is 2.39. The van der Waals surface area contributed by atoms with Gasteiger partial charge in [0.15, 0.2) is 0 Å².